The lowest BCUT2D eigenvalue weighted by atomic mass is 10.0. The summed E-state index contributed by atoms with van der Waals surface area (Å²) in [6.07, 6.45) is 0. The van der Waals surface area contributed by atoms with Crippen molar-refractivity contribution in [3.63, 3.8) is 0 Å². The molecule has 0 heterocycles. The average molecular weight is 467 g/mol. The maximum atomic E-state index is 13.3. The Labute approximate surface area is 142 Å². The maximum Gasteiger partial charge on any atom is 0.137 e. The van der Waals surface area contributed by atoms with Crippen LogP contribution in [0.25, 0.3) is 0 Å². The highest BCUT2D eigenvalue weighted by atomic mass is 79.9. The molecular weight excluding hydrogens is 455 g/mol. The molecule has 0 amide bonds. The fraction of sp³-hybridized carbons (Fsp3) is 0.200. The number of hydrogen-bond acceptors (Lipinski definition) is 1. The molecule has 0 bridgehead atoms. The summed E-state index contributed by atoms with van der Waals surface area (Å²) < 4.78 is 20.1. The van der Waals surface area contributed by atoms with Gasteiger partial charge in [-0.1, -0.05) is 28.1 Å². The molecule has 20 heavy (non-hydrogen) atoms. The van der Waals surface area contributed by atoms with E-state index >= 15 is 0 Å². The van der Waals surface area contributed by atoms with Crippen LogP contribution in [0.4, 0.5) is 4.39 Å². The Bertz CT molecular complexity index is 616. The third-order valence-electron chi connectivity index (χ3n) is 2.78. The monoisotopic (exact) mass is 464 g/mol. The van der Waals surface area contributed by atoms with E-state index in [1.54, 1.807) is 12.1 Å². The smallest absolute Gasteiger partial charge is 0.137 e. The molecule has 2 aromatic rings. The number of halogens is 4. The second kappa shape index (κ2) is 7.05. The van der Waals surface area contributed by atoms with Gasteiger partial charge in [-0.3, -0.25) is 0 Å². The highest BCUT2D eigenvalue weighted by Crippen LogP contribution is 2.36. The Morgan fingerprint density at radius 3 is 2.20 bits per heavy atom. The van der Waals surface area contributed by atoms with Gasteiger partial charge in [0.25, 0.3) is 0 Å². The zero-order chi connectivity index (χ0) is 14.7. The summed E-state index contributed by atoms with van der Waals surface area (Å²) in [7, 11) is 0. The number of benzene rings is 2. The quantitative estimate of drug-likeness (QED) is 0.485. The van der Waals surface area contributed by atoms with Crippen LogP contribution in [0, 0.1) is 5.82 Å². The zero-order valence-corrected chi connectivity index (χ0v) is 15.4. The molecule has 0 saturated heterocycles. The molecule has 106 valence electrons. The van der Waals surface area contributed by atoms with Gasteiger partial charge in [-0.2, -0.15) is 0 Å². The predicted octanol–water partition coefficient (Wildman–Crippen LogP) is 6.23. The van der Waals surface area contributed by atoms with E-state index in [-0.39, 0.29) is 10.6 Å². The van der Waals surface area contributed by atoms with Gasteiger partial charge in [0, 0.05) is 0 Å². The van der Waals surface area contributed by atoms with Gasteiger partial charge in [0.15, 0.2) is 0 Å². The molecule has 2 rings (SSSR count). The molecule has 0 fully saturated rings. The third kappa shape index (κ3) is 3.62. The van der Waals surface area contributed by atoms with Gasteiger partial charge in [-0.05, 0) is 74.2 Å². The average Bonchev–Trinajstić information content (AvgIpc) is 2.43. The summed E-state index contributed by atoms with van der Waals surface area (Å²) in [5.41, 5.74) is 2.05. The minimum atomic E-state index is -0.263. The Balaban J connectivity index is 2.30. The highest BCUT2D eigenvalue weighted by Gasteiger charge is 2.14. The number of hydrogen-bond donors (Lipinski definition) is 0. The molecule has 0 spiro atoms. The molecule has 1 unspecified atom stereocenters. The van der Waals surface area contributed by atoms with Gasteiger partial charge in [-0.15, -0.1) is 0 Å². The van der Waals surface area contributed by atoms with Crippen LogP contribution < -0.4 is 4.74 Å². The Kier molecular flexibility index (Phi) is 5.64. The Morgan fingerprint density at radius 2 is 1.65 bits per heavy atom. The van der Waals surface area contributed by atoms with E-state index in [9.17, 15) is 4.39 Å². The second-order valence-electron chi connectivity index (χ2n) is 4.16. The first-order chi connectivity index (χ1) is 9.52. The van der Waals surface area contributed by atoms with Crippen LogP contribution in [0.15, 0.2) is 45.3 Å². The molecule has 2 aromatic carbocycles. The molecule has 5 heteroatoms. The summed E-state index contributed by atoms with van der Waals surface area (Å²) >= 11 is 10.4. The van der Waals surface area contributed by atoms with Gasteiger partial charge < -0.3 is 4.74 Å². The maximum absolute atomic E-state index is 13.3. The van der Waals surface area contributed by atoms with Crippen LogP contribution >= 0.6 is 47.8 Å². The summed E-state index contributed by atoms with van der Waals surface area (Å²) in [4.78, 5) is -0.00798. The van der Waals surface area contributed by atoms with Gasteiger partial charge >= 0.3 is 0 Å². The summed E-state index contributed by atoms with van der Waals surface area (Å²) in [6.45, 7) is 2.57. The molecule has 1 nitrogen and oxygen atoms in total. The van der Waals surface area contributed by atoms with Crippen molar-refractivity contribution in [1.82, 2.24) is 0 Å². The minimum absolute atomic E-state index is 0.00798. The molecule has 0 saturated carbocycles. The largest absolute Gasteiger partial charge is 0.493 e. The summed E-state index contributed by atoms with van der Waals surface area (Å²) in [5.74, 6) is 0.553. The van der Waals surface area contributed by atoms with Crippen LogP contribution in [0.2, 0.25) is 0 Å². The van der Waals surface area contributed by atoms with Gasteiger partial charge in [0.1, 0.15) is 11.6 Å². The van der Waals surface area contributed by atoms with Crippen molar-refractivity contribution in [3.05, 3.63) is 62.3 Å². The molecule has 1 atom stereocenters. The molecule has 0 aliphatic rings. The zero-order valence-electron chi connectivity index (χ0n) is 10.7. The SMILES string of the molecule is CCOc1ccc(C(Br)c2ccc(F)c(Br)c2)cc1Br. The van der Waals surface area contributed by atoms with E-state index in [1.165, 1.54) is 6.07 Å². The normalized spacial score (nSPS) is 12.2. The van der Waals surface area contributed by atoms with E-state index < -0.39 is 0 Å². The molecule has 0 aliphatic carbocycles. The van der Waals surface area contributed by atoms with Crippen molar-refractivity contribution in [2.45, 2.75) is 11.8 Å². The molecule has 0 radical (unpaired) electrons. The number of alkyl halides is 1. The van der Waals surface area contributed by atoms with E-state index in [2.05, 4.69) is 47.8 Å². The van der Waals surface area contributed by atoms with E-state index in [0.29, 0.717) is 11.1 Å². The minimum Gasteiger partial charge on any atom is -0.493 e. The van der Waals surface area contributed by atoms with E-state index in [0.717, 1.165) is 21.3 Å². The molecule has 0 N–H and O–H groups in total. The van der Waals surface area contributed by atoms with Gasteiger partial charge in [-0.25, -0.2) is 4.39 Å². The van der Waals surface area contributed by atoms with E-state index in [4.69, 9.17) is 4.74 Å². The predicted molar refractivity (Wildman–Crippen MR) is 90.2 cm³/mol. The topological polar surface area (TPSA) is 9.23 Å². The van der Waals surface area contributed by atoms with Gasteiger partial charge in [0.05, 0.1) is 20.4 Å². The summed E-state index contributed by atoms with van der Waals surface area (Å²) in [5, 5.41) is 0. The first kappa shape index (κ1) is 16.0. The standard InChI is InChI=1S/C15H12Br3FO/c1-2-20-14-6-4-10(8-12(14)17)15(18)9-3-5-13(19)11(16)7-9/h3-8,15H,2H2,1H3. The molecule has 0 aliphatic heterocycles. The second-order valence-corrected chi connectivity index (χ2v) is 6.78. The number of ether oxygens (including phenoxy) is 1. The van der Waals surface area contributed by atoms with Crippen molar-refractivity contribution in [3.8, 4) is 5.75 Å². The van der Waals surface area contributed by atoms with Crippen LogP contribution in [0.1, 0.15) is 22.9 Å². The van der Waals surface area contributed by atoms with Crippen LogP contribution in [-0.4, -0.2) is 6.61 Å². The molecule has 0 aromatic heterocycles. The fourth-order valence-electron chi connectivity index (χ4n) is 1.81. The Hall–Kier alpha value is -0.390. The first-order valence-electron chi connectivity index (χ1n) is 6.04. The van der Waals surface area contributed by atoms with Crippen molar-refractivity contribution in [2.24, 2.45) is 0 Å². The third-order valence-corrected chi connectivity index (χ3v) is 5.07. The lowest BCUT2D eigenvalue weighted by Gasteiger charge is -2.14. The van der Waals surface area contributed by atoms with Crippen LogP contribution in [0.3, 0.4) is 0 Å². The highest BCUT2D eigenvalue weighted by molar-refractivity contribution is 9.11. The van der Waals surface area contributed by atoms with Crippen molar-refractivity contribution >= 4 is 47.8 Å². The fourth-order valence-corrected chi connectivity index (χ4v) is 3.29. The lowest BCUT2D eigenvalue weighted by molar-refractivity contribution is 0.338. The van der Waals surface area contributed by atoms with Crippen molar-refractivity contribution in [2.75, 3.05) is 6.61 Å². The van der Waals surface area contributed by atoms with Crippen LogP contribution in [-0.2, 0) is 0 Å². The molecular formula is C15H12Br3FO. The number of rotatable bonds is 4. The van der Waals surface area contributed by atoms with Crippen LogP contribution in [0.5, 0.6) is 5.75 Å². The first-order valence-corrected chi connectivity index (χ1v) is 8.54. The van der Waals surface area contributed by atoms with E-state index in [1.807, 2.05) is 25.1 Å². The van der Waals surface area contributed by atoms with Crippen molar-refractivity contribution < 1.29 is 9.13 Å². The van der Waals surface area contributed by atoms with Gasteiger partial charge in [0.2, 0.25) is 0 Å². The lowest BCUT2D eigenvalue weighted by Crippen LogP contribution is -1.96. The summed E-state index contributed by atoms with van der Waals surface area (Å²) in [6, 6.07) is 10.9. The van der Waals surface area contributed by atoms with Crippen molar-refractivity contribution in [1.29, 1.82) is 0 Å². The Morgan fingerprint density at radius 1 is 1.05 bits per heavy atom.